The summed E-state index contributed by atoms with van der Waals surface area (Å²) in [5.41, 5.74) is 3.87. The van der Waals surface area contributed by atoms with E-state index in [0.717, 1.165) is 24.2 Å². The summed E-state index contributed by atoms with van der Waals surface area (Å²) in [6, 6.07) is 15.3. The Hall–Kier alpha value is -2.70. The molecule has 2 aromatic carbocycles. The van der Waals surface area contributed by atoms with E-state index in [9.17, 15) is 9.59 Å². The Morgan fingerprint density at radius 2 is 1.55 bits per heavy atom. The summed E-state index contributed by atoms with van der Waals surface area (Å²) in [5.74, 6) is -0.454. The maximum Gasteiger partial charge on any atom is 0.251 e. The van der Waals surface area contributed by atoms with Gasteiger partial charge in [-0.05, 0) is 31.5 Å². The van der Waals surface area contributed by atoms with E-state index >= 15 is 0 Å². The lowest BCUT2D eigenvalue weighted by molar-refractivity contribution is -0.121. The number of nitrogens with one attached hydrogen (secondary N) is 2. The van der Waals surface area contributed by atoms with Gasteiger partial charge in [0.15, 0.2) is 0 Å². The molecule has 1 heterocycles. The first-order chi connectivity index (χ1) is 14.0. The summed E-state index contributed by atoms with van der Waals surface area (Å²) in [5, 5.41) is 5.78. The van der Waals surface area contributed by atoms with Crippen molar-refractivity contribution >= 4 is 11.8 Å². The van der Waals surface area contributed by atoms with Crippen molar-refractivity contribution in [3.63, 3.8) is 0 Å². The molecular formula is C23H29N3O3. The second kappa shape index (κ2) is 10.2. The van der Waals surface area contributed by atoms with Gasteiger partial charge in [0, 0.05) is 25.2 Å². The maximum absolute atomic E-state index is 12.6. The lowest BCUT2D eigenvalue weighted by Crippen LogP contribution is -2.45. The third-order valence-electron chi connectivity index (χ3n) is 5.08. The first-order valence-electron chi connectivity index (χ1n) is 10.0. The quantitative estimate of drug-likeness (QED) is 0.754. The Morgan fingerprint density at radius 1 is 0.966 bits per heavy atom. The highest BCUT2D eigenvalue weighted by Crippen LogP contribution is 2.16. The van der Waals surface area contributed by atoms with Gasteiger partial charge < -0.3 is 15.4 Å². The zero-order chi connectivity index (χ0) is 20.6. The van der Waals surface area contributed by atoms with Gasteiger partial charge in [-0.25, -0.2) is 0 Å². The first-order valence-corrected chi connectivity index (χ1v) is 10.0. The van der Waals surface area contributed by atoms with Crippen LogP contribution in [0.15, 0.2) is 48.5 Å². The molecule has 1 unspecified atom stereocenters. The van der Waals surface area contributed by atoms with Gasteiger partial charge in [-0.15, -0.1) is 0 Å². The van der Waals surface area contributed by atoms with Crippen LogP contribution in [-0.2, 0) is 9.53 Å². The highest BCUT2D eigenvalue weighted by molar-refractivity contribution is 5.96. The zero-order valence-corrected chi connectivity index (χ0v) is 17.1. The summed E-state index contributed by atoms with van der Waals surface area (Å²) < 4.78 is 5.42. The number of carbonyl (C=O) groups excluding carboxylic acids is 2. The molecule has 0 aliphatic carbocycles. The minimum atomic E-state index is -0.250. The summed E-state index contributed by atoms with van der Waals surface area (Å²) in [7, 11) is 0. The fourth-order valence-corrected chi connectivity index (χ4v) is 3.29. The number of nitrogens with zero attached hydrogens (tertiary/aromatic N) is 1. The molecule has 29 heavy (non-hydrogen) atoms. The Balaban J connectivity index is 1.59. The Bertz CT molecular complexity index is 812. The van der Waals surface area contributed by atoms with Gasteiger partial charge in [-0.1, -0.05) is 47.5 Å². The number of benzene rings is 2. The number of morpholine rings is 1. The van der Waals surface area contributed by atoms with E-state index < -0.39 is 0 Å². The fraction of sp³-hybridized carbons (Fsp3) is 0.391. The van der Waals surface area contributed by atoms with Crippen LogP contribution in [0.1, 0.15) is 33.1 Å². The third kappa shape index (κ3) is 6.41. The molecule has 6 nitrogen and oxygen atoms in total. The molecule has 0 radical (unpaired) electrons. The summed E-state index contributed by atoms with van der Waals surface area (Å²) in [6.07, 6.45) is 0. The molecule has 1 saturated heterocycles. The maximum atomic E-state index is 12.6. The van der Waals surface area contributed by atoms with Crippen molar-refractivity contribution in [3.8, 4) is 0 Å². The molecule has 2 aromatic rings. The Morgan fingerprint density at radius 3 is 2.17 bits per heavy atom. The van der Waals surface area contributed by atoms with Crippen LogP contribution in [0.25, 0.3) is 0 Å². The van der Waals surface area contributed by atoms with Gasteiger partial charge >= 0.3 is 0 Å². The van der Waals surface area contributed by atoms with Crippen molar-refractivity contribution in [1.29, 1.82) is 0 Å². The van der Waals surface area contributed by atoms with Crippen molar-refractivity contribution < 1.29 is 14.3 Å². The molecule has 0 spiro atoms. The normalized spacial score (nSPS) is 15.5. The van der Waals surface area contributed by atoms with Crippen LogP contribution in [0.2, 0.25) is 0 Å². The predicted octanol–water partition coefficient (Wildman–Crippen LogP) is 2.22. The summed E-state index contributed by atoms with van der Waals surface area (Å²) in [4.78, 5) is 27.1. The van der Waals surface area contributed by atoms with Crippen LogP contribution >= 0.6 is 0 Å². The molecule has 1 aliphatic rings. The van der Waals surface area contributed by atoms with Crippen LogP contribution < -0.4 is 10.6 Å². The summed E-state index contributed by atoms with van der Waals surface area (Å²) in [6.45, 7) is 7.78. The minimum absolute atomic E-state index is 0.0574. The van der Waals surface area contributed by atoms with E-state index in [1.807, 2.05) is 50.2 Å². The van der Waals surface area contributed by atoms with Gasteiger partial charge in [0.05, 0.1) is 25.8 Å². The van der Waals surface area contributed by atoms with Crippen molar-refractivity contribution in [3.05, 3.63) is 70.8 Å². The number of hydrogen-bond donors (Lipinski definition) is 2. The molecule has 2 N–H and O–H groups in total. The molecule has 1 aliphatic heterocycles. The second-order valence-electron chi connectivity index (χ2n) is 7.49. The van der Waals surface area contributed by atoms with Gasteiger partial charge in [0.1, 0.15) is 0 Å². The average molecular weight is 396 g/mol. The van der Waals surface area contributed by atoms with E-state index in [0.29, 0.717) is 25.3 Å². The van der Waals surface area contributed by atoms with E-state index in [1.54, 1.807) is 12.1 Å². The smallest absolute Gasteiger partial charge is 0.251 e. The van der Waals surface area contributed by atoms with E-state index in [1.165, 1.54) is 5.56 Å². The molecule has 6 heteroatoms. The van der Waals surface area contributed by atoms with E-state index in [4.69, 9.17) is 4.74 Å². The van der Waals surface area contributed by atoms with Crippen LogP contribution in [-0.4, -0.2) is 56.1 Å². The standard InChI is InChI=1S/C23H29N3O3/c1-17-3-7-19(8-4-17)21(16-26-11-13-29-14-12-26)25-22(27)15-24-23(28)20-9-5-18(2)6-10-20/h3-10,21H,11-16H2,1-2H3,(H,24,28)(H,25,27). The molecule has 154 valence electrons. The third-order valence-corrected chi connectivity index (χ3v) is 5.08. The number of ether oxygens (including phenoxy) is 1. The van der Waals surface area contributed by atoms with Crippen molar-refractivity contribution in [2.24, 2.45) is 0 Å². The van der Waals surface area contributed by atoms with Gasteiger partial charge in [-0.2, -0.15) is 0 Å². The summed E-state index contributed by atoms with van der Waals surface area (Å²) >= 11 is 0. The molecule has 1 fully saturated rings. The lowest BCUT2D eigenvalue weighted by Gasteiger charge is -2.31. The largest absolute Gasteiger partial charge is 0.379 e. The number of carbonyl (C=O) groups is 2. The predicted molar refractivity (Wildman–Crippen MR) is 113 cm³/mol. The highest BCUT2D eigenvalue weighted by atomic mass is 16.5. The fourth-order valence-electron chi connectivity index (χ4n) is 3.29. The number of hydrogen-bond acceptors (Lipinski definition) is 4. The van der Waals surface area contributed by atoms with Gasteiger partial charge in [-0.3, -0.25) is 14.5 Å². The molecule has 2 amide bonds. The molecule has 0 saturated carbocycles. The number of rotatable bonds is 7. The van der Waals surface area contributed by atoms with Crippen molar-refractivity contribution in [2.75, 3.05) is 39.4 Å². The van der Waals surface area contributed by atoms with Crippen LogP contribution in [0.5, 0.6) is 0 Å². The second-order valence-corrected chi connectivity index (χ2v) is 7.49. The van der Waals surface area contributed by atoms with Gasteiger partial charge in [0.25, 0.3) is 5.91 Å². The van der Waals surface area contributed by atoms with E-state index in [2.05, 4.69) is 15.5 Å². The zero-order valence-electron chi connectivity index (χ0n) is 17.1. The van der Waals surface area contributed by atoms with Crippen LogP contribution in [0, 0.1) is 13.8 Å². The van der Waals surface area contributed by atoms with Crippen molar-refractivity contribution in [2.45, 2.75) is 19.9 Å². The molecule has 0 bridgehead atoms. The van der Waals surface area contributed by atoms with Crippen LogP contribution in [0.4, 0.5) is 0 Å². The van der Waals surface area contributed by atoms with Crippen LogP contribution in [0.3, 0.4) is 0 Å². The monoisotopic (exact) mass is 395 g/mol. The number of amides is 2. The topological polar surface area (TPSA) is 70.7 Å². The lowest BCUT2D eigenvalue weighted by atomic mass is 10.0. The molecule has 0 aromatic heterocycles. The molecular weight excluding hydrogens is 366 g/mol. The molecule has 3 rings (SSSR count). The highest BCUT2D eigenvalue weighted by Gasteiger charge is 2.20. The van der Waals surface area contributed by atoms with Crippen molar-refractivity contribution in [1.82, 2.24) is 15.5 Å². The van der Waals surface area contributed by atoms with Gasteiger partial charge in [0.2, 0.25) is 5.91 Å². The minimum Gasteiger partial charge on any atom is -0.379 e. The average Bonchev–Trinajstić information content (AvgIpc) is 2.73. The SMILES string of the molecule is Cc1ccc(C(=O)NCC(=O)NC(CN2CCOCC2)c2ccc(C)cc2)cc1. The first kappa shape index (κ1) is 21.0. The Labute approximate surface area is 172 Å². The van der Waals surface area contributed by atoms with E-state index in [-0.39, 0.29) is 24.4 Å². The molecule has 1 atom stereocenters. The Kier molecular flexibility index (Phi) is 7.38. The number of aryl methyl sites for hydroxylation is 2.